The monoisotopic (exact) mass is 303 g/mol. The van der Waals surface area contributed by atoms with Crippen LogP contribution in [0.1, 0.15) is 36.8 Å². The first-order valence-corrected chi connectivity index (χ1v) is 8.53. The largest absolute Gasteiger partial charge is 0.380 e. The molecule has 0 aliphatic carbocycles. The predicted molar refractivity (Wildman–Crippen MR) is 93.6 cm³/mol. The van der Waals surface area contributed by atoms with Gasteiger partial charge in [0.15, 0.2) is 5.13 Å². The van der Waals surface area contributed by atoms with E-state index in [0.29, 0.717) is 0 Å². The summed E-state index contributed by atoms with van der Waals surface area (Å²) in [6.45, 7) is 11.6. The van der Waals surface area contributed by atoms with E-state index in [1.54, 1.807) is 11.3 Å². The lowest BCUT2D eigenvalue weighted by atomic mass is 10.1. The van der Waals surface area contributed by atoms with E-state index in [1.165, 1.54) is 21.7 Å². The van der Waals surface area contributed by atoms with Crippen molar-refractivity contribution in [2.45, 2.75) is 40.7 Å². The number of benzene rings is 1. The van der Waals surface area contributed by atoms with E-state index in [9.17, 15) is 0 Å². The van der Waals surface area contributed by atoms with Gasteiger partial charge in [-0.05, 0) is 38.3 Å². The summed E-state index contributed by atoms with van der Waals surface area (Å²) in [4.78, 5) is 8.11. The highest BCUT2D eigenvalue weighted by atomic mass is 32.1. The fraction of sp³-hybridized carbons (Fsp3) is 0.471. The third-order valence-corrected chi connectivity index (χ3v) is 4.81. The van der Waals surface area contributed by atoms with Crippen LogP contribution in [0.3, 0.4) is 0 Å². The highest BCUT2D eigenvalue weighted by molar-refractivity contribution is 7.15. The van der Waals surface area contributed by atoms with Gasteiger partial charge >= 0.3 is 0 Å². The first-order chi connectivity index (χ1) is 10.2. The van der Waals surface area contributed by atoms with Crippen LogP contribution in [0.4, 0.5) is 10.8 Å². The summed E-state index contributed by atoms with van der Waals surface area (Å²) in [5.41, 5.74) is 3.96. The van der Waals surface area contributed by atoms with Crippen LogP contribution >= 0.6 is 11.3 Å². The van der Waals surface area contributed by atoms with Gasteiger partial charge in [-0.1, -0.05) is 25.1 Å². The normalized spacial score (nSPS) is 10.7. The number of aryl methyl sites for hydroxylation is 2. The minimum absolute atomic E-state index is 0.844. The maximum atomic E-state index is 4.54. The molecule has 0 aliphatic rings. The Kier molecular flexibility index (Phi) is 5.62. The molecular weight excluding hydrogens is 278 g/mol. The van der Waals surface area contributed by atoms with Crippen LogP contribution in [0.5, 0.6) is 0 Å². The molecule has 0 radical (unpaired) electrons. The van der Waals surface area contributed by atoms with Crippen LogP contribution in [0, 0.1) is 6.92 Å². The average Bonchev–Trinajstić information content (AvgIpc) is 2.96. The van der Waals surface area contributed by atoms with Crippen molar-refractivity contribution in [3.05, 3.63) is 40.4 Å². The molecule has 2 rings (SSSR count). The van der Waals surface area contributed by atoms with Gasteiger partial charge in [-0.15, -0.1) is 11.3 Å². The summed E-state index contributed by atoms with van der Waals surface area (Å²) < 4.78 is 0. The van der Waals surface area contributed by atoms with Crippen molar-refractivity contribution in [1.82, 2.24) is 4.98 Å². The van der Waals surface area contributed by atoms with Gasteiger partial charge in [-0.2, -0.15) is 0 Å². The molecule has 0 spiro atoms. The maximum absolute atomic E-state index is 4.54. The highest BCUT2D eigenvalue weighted by Crippen LogP contribution is 2.25. The second-order valence-electron chi connectivity index (χ2n) is 5.10. The van der Waals surface area contributed by atoms with Crippen LogP contribution in [0.15, 0.2) is 24.4 Å². The first-order valence-electron chi connectivity index (χ1n) is 7.71. The molecule has 114 valence electrons. The molecule has 1 heterocycles. The second-order valence-corrected chi connectivity index (χ2v) is 6.19. The summed E-state index contributed by atoms with van der Waals surface area (Å²) in [5, 5.41) is 4.71. The fourth-order valence-electron chi connectivity index (χ4n) is 2.47. The van der Waals surface area contributed by atoms with Crippen LogP contribution in [0.2, 0.25) is 0 Å². The summed E-state index contributed by atoms with van der Waals surface area (Å²) >= 11 is 1.78. The van der Waals surface area contributed by atoms with Gasteiger partial charge in [0.2, 0.25) is 0 Å². The van der Waals surface area contributed by atoms with Gasteiger partial charge in [0.05, 0.1) is 6.54 Å². The zero-order valence-electron chi connectivity index (χ0n) is 13.4. The minimum atomic E-state index is 0.844. The number of thiazole rings is 1. The molecule has 0 fully saturated rings. The first kappa shape index (κ1) is 15.8. The van der Waals surface area contributed by atoms with E-state index in [1.807, 2.05) is 6.20 Å². The van der Waals surface area contributed by atoms with Crippen molar-refractivity contribution >= 4 is 22.2 Å². The molecule has 0 saturated heterocycles. The molecule has 3 nitrogen and oxygen atoms in total. The second kappa shape index (κ2) is 7.46. The van der Waals surface area contributed by atoms with Crippen molar-refractivity contribution in [1.29, 1.82) is 0 Å². The van der Waals surface area contributed by atoms with Crippen molar-refractivity contribution in [2.75, 3.05) is 23.3 Å². The Balaban J connectivity index is 2.07. The highest BCUT2D eigenvalue weighted by Gasteiger charge is 2.09. The lowest BCUT2D eigenvalue weighted by Crippen LogP contribution is -2.21. The average molecular weight is 303 g/mol. The number of hydrogen-bond acceptors (Lipinski definition) is 4. The number of aromatic nitrogens is 1. The summed E-state index contributed by atoms with van der Waals surface area (Å²) in [6, 6.07) is 6.49. The molecule has 1 N–H and O–H groups in total. The molecule has 0 bridgehead atoms. The fourth-order valence-corrected chi connectivity index (χ4v) is 3.45. The molecule has 1 aromatic heterocycles. The summed E-state index contributed by atoms with van der Waals surface area (Å²) in [6.07, 6.45) is 3.05. The third-order valence-electron chi connectivity index (χ3n) is 3.75. The molecule has 0 aliphatic heterocycles. The SMILES string of the molecule is CCc1cccc(C)c1NCc1cnc(N(CC)CC)s1. The van der Waals surface area contributed by atoms with E-state index < -0.39 is 0 Å². The van der Waals surface area contributed by atoms with Gasteiger partial charge in [0.1, 0.15) is 0 Å². The number of rotatable bonds is 7. The van der Waals surface area contributed by atoms with Gasteiger partial charge in [-0.3, -0.25) is 0 Å². The number of hydrogen-bond donors (Lipinski definition) is 1. The standard InChI is InChI=1S/C17H25N3S/c1-5-14-10-8-9-13(4)16(14)18-11-15-12-19-17(21-15)20(6-2)7-3/h8-10,12,18H,5-7,11H2,1-4H3. The molecule has 4 heteroatoms. The van der Waals surface area contributed by atoms with Gasteiger partial charge in [0.25, 0.3) is 0 Å². The van der Waals surface area contributed by atoms with Crippen LogP contribution in [-0.2, 0) is 13.0 Å². The van der Waals surface area contributed by atoms with Gasteiger partial charge < -0.3 is 10.2 Å². The van der Waals surface area contributed by atoms with E-state index in [0.717, 1.165) is 31.2 Å². The van der Waals surface area contributed by atoms with Gasteiger partial charge in [-0.25, -0.2) is 4.98 Å². The molecule has 0 atom stereocenters. The van der Waals surface area contributed by atoms with Crippen LogP contribution < -0.4 is 10.2 Å². The quantitative estimate of drug-likeness (QED) is 0.818. The van der Waals surface area contributed by atoms with E-state index in [2.05, 4.69) is 61.1 Å². The number of nitrogens with zero attached hydrogens (tertiary/aromatic N) is 2. The third kappa shape index (κ3) is 3.76. The number of para-hydroxylation sites is 1. The Morgan fingerprint density at radius 1 is 1.19 bits per heavy atom. The molecule has 0 unspecified atom stereocenters. The van der Waals surface area contributed by atoms with Crippen molar-refractivity contribution in [3.8, 4) is 0 Å². The minimum Gasteiger partial charge on any atom is -0.380 e. The van der Waals surface area contributed by atoms with E-state index in [4.69, 9.17) is 0 Å². The Bertz CT molecular complexity index is 573. The lowest BCUT2D eigenvalue weighted by molar-refractivity contribution is 0.860. The Hall–Kier alpha value is -1.55. The smallest absolute Gasteiger partial charge is 0.185 e. The Labute approximate surface area is 132 Å². The topological polar surface area (TPSA) is 28.2 Å². The van der Waals surface area contributed by atoms with E-state index >= 15 is 0 Å². The molecular formula is C17H25N3S. The Morgan fingerprint density at radius 3 is 2.62 bits per heavy atom. The maximum Gasteiger partial charge on any atom is 0.185 e. The van der Waals surface area contributed by atoms with Crippen molar-refractivity contribution < 1.29 is 0 Å². The summed E-state index contributed by atoms with van der Waals surface area (Å²) in [5.74, 6) is 0. The predicted octanol–water partition coefficient (Wildman–Crippen LogP) is 4.47. The molecule has 1 aromatic carbocycles. The zero-order valence-corrected chi connectivity index (χ0v) is 14.3. The Morgan fingerprint density at radius 2 is 1.95 bits per heavy atom. The van der Waals surface area contributed by atoms with Gasteiger partial charge in [0, 0.05) is 29.9 Å². The zero-order chi connectivity index (χ0) is 15.2. The van der Waals surface area contributed by atoms with E-state index in [-0.39, 0.29) is 0 Å². The molecule has 21 heavy (non-hydrogen) atoms. The molecule has 0 amide bonds. The van der Waals surface area contributed by atoms with Crippen LogP contribution in [-0.4, -0.2) is 18.1 Å². The number of nitrogens with one attached hydrogen (secondary N) is 1. The summed E-state index contributed by atoms with van der Waals surface area (Å²) in [7, 11) is 0. The lowest BCUT2D eigenvalue weighted by Gasteiger charge is -2.16. The van der Waals surface area contributed by atoms with Crippen LogP contribution in [0.25, 0.3) is 0 Å². The van der Waals surface area contributed by atoms with Crippen molar-refractivity contribution in [2.24, 2.45) is 0 Å². The molecule has 2 aromatic rings. The number of anilines is 2. The van der Waals surface area contributed by atoms with Crippen molar-refractivity contribution in [3.63, 3.8) is 0 Å². The molecule has 0 saturated carbocycles.